The van der Waals surface area contributed by atoms with Gasteiger partial charge < -0.3 is 10.2 Å². The van der Waals surface area contributed by atoms with Gasteiger partial charge >= 0.3 is 17.4 Å². The fourth-order valence-corrected chi connectivity index (χ4v) is 3.29. The van der Waals surface area contributed by atoms with Crippen molar-refractivity contribution in [1.29, 1.82) is 0 Å². The quantitative estimate of drug-likeness (QED) is 0.782. The molecule has 25 heavy (non-hydrogen) atoms. The molecule has 0 saturated heterocycles. The Morgan fingerprint density at radius 3 is 2.08 bits per heavy atom. The Kier molecular flexibility index (Phi) is 4.51. The second-order valence-electron chi connectivity index (χ2n) is 5.22. The summed E-state index contributed by atoms with van der Waals surface area (Å²) in [6, 6.07) is 4.34. The van der Waals surface area contributed by atoms with E-state index in [0.717, 1.165) is 36.4 Å². The molecule has 0 amide bonds. The summed E-state index contributed by atoms with van der Waals surface area (Å²) in [6.45, 7) is 0. The molecule has 6 nitrogen and oxygen atoms in total. The largest absolute Gasteiger partial charge is 0.501 e. The van der Waals surface area contributed by atoms with Gasteiger partial charge in [-0.15, -0.1) is 0 Å². The molecular weight excluding hydrogens is 365 g/mol. The Labute approximate surface area is 139 Å². The van der Waals surface area contributed by atoms with Crippen LogP contribution in [-0.4, -0.2) is 36.1 Å². The molecule has 0 bridgehead atoms. The third-order valence-electron chi connectivity index (χ3n) is 3.75. The number of sulfone groups is 1. The Balaban J connectivity index is 2.55. The normalized spacial score (nSPS) is 17.0. The van der Waals surface area contributed by atoms with Crippen molar-refractivity contribution in [3.05, 3.63) is 48.1 Å². The van der Waals surface area contributed by atoms with Gasteiger partial charge in [-0.25, -0.2) is 8.42 Å². The van der Waals surface area contributed by atoms with Crippen molar-refractivity contribution in [2.75, 3.05) is 0 Å². The summed E-state index contributed by atoms with van der Waals surface area (Å²) in [5.41, 5.74) is -8.06. The fourth-order valence-electron chi connectivity index (χ4n) is 2.31. The van der Waals surface area contributed by atoms with Gasteiger partial charge in [0.05, 0.1) is 4.90 Å². The molecule has 0 atom stereocenters. The summed E-state index contributed by atoms with van der Waals surface area (Å²) in [4.78, 5) is 21.4. The van der Waals surface area contributed by atoms with Crippen molar-refractivity contribution < 1.29 is 41.4 Å². The van der Waals surface area contributed by atoms with E-state index in [1.807, 2.05) is 0 Å². The third-order valence-corrected chi connectivity index (χ3v) is 5.29. The SMILES string of the molecule is O=C(O)C1(C(=O)O)C=CC(c2ccccc2S(=O)(=O)C(F)(F)F)=CC1. The summed E-state index contributed by atoms with van der Waals surface area (Å²) < 4.78 is 61.9. The second kappa shape index (κ2) is 6.03. The molecule has 1 aliphatic rings. The highest BCUT2D eigenvalue weighted by Crippen LogP contribution is 2.38. The standard InChI is InChI=1S/C15H11F3O6S/c16-15(17,18)25(23,24)11-4-2-1-3-10(11)9-5-7-14(8-6-9,12(19)20)13(21)22/h1-7H,8H2,(H,19,20)(H,21,22). The summed E-state index contributed by atoms with van der Waals surface area (Å²) in [5.74, 6) is -3.27. The van der Waals surface area contributed by atoms with Crippen LogP contribution in [0.5, 0.6) is 0 Å². The number of benzene rings is 1. The Morgan fingerprint density at radius 1 is 1.08 bits per heavy atom. The van der Waals surface area contributed by atoms with E-state index in [4.69, 9.17) is 10.2 Å². The number of carboxylic acids is 2. The fraction of sp³-hybridized carbons (Fsp3) is 0.200. The molecule has 2 rings (SSSR count). The molecule has 0 fully saturated rings. The van der Waals surface area contributed by atoms with Crippen LogP contribution < -0.4 is 0 Å². The van der Waals surface area contributed by atoms with Crippen LogP contribution in [0.25, 0.3) is 5.57 Å². The van der Waals surface area contributed by atoms with E-state index >= 15 is 0 Å². The Hall–Kier alpha value is -2.62. The van der Waals surface area contributed by atoms with Crippen LogP contribution in [0.2, 0.25) is 0 Å². The molecular formula is C15H11F3O6S. The van der Waals surface area contributed by atoms with Crippen LogP contribution in [-0.2, 0) is 19.4 Å². The summed E-state index contributed by atoms with van der Waals surface area (Å²) >= 11 is 0. The van der Waals surface area contributed by atoms with Crippen LogP contribution in [0.15, 0.2) is 47.4 Å². The van der Waals surface area contributed by atoms with Crippen molar-refractivity contribution in [1.82, 2.24) is 0 Å². The molecule has 0 unspecified atom stereocenters. The minimum absolute atomic E-state index is 0.0125. The lowest BCUT2D eigenvalue weighted by Gasteiger charge is -2.24. The van der Waals surface area contributed by atoms with E-state index in [1.165, 1.54) is 6.07 Å². The van der Waals surface area contributed by atoms with Crippen LogP contribution in [0, 0.1) is 5.41 Å². The van der Waals surface area contributed by atoms with E-state index in [9.17, 15) is 31.2 Å². The van der Waals surface area contributed by atoms with Crippen molar-refractivity contribution >= 4 is 27.3 Å². The number of allylic oxidation sites excluding steroid dienone is 3. The molecule has 0 spiro atoms. The number of aliphatic carboxylic acids is 2. The topological polar surface area (TPSA) is 109 Å². The van der Waals surface area contributed by atoms with Gasteiger partial charge in [-0.05, 0) is 18.1 Å². The van der Waals surface area contributed by atoms with Crippen molar-refractivity contribution in [3.63, 3.8) is 0 Å². The van der Waals surface area contributed by atoms with E-state index in [2.05, 4.69) is 0 Å². The maximum Gasteiger partial charge on any atom is 0.501 e. The van der Waals surface area contributed by atoms with Crippen molar-refractivity contribution in [2.45, 2.75) is 16.8 Å². The second-order valence-corrected chi connectivity index (χ2v) is 7.13. The van der Waals surface area contributed by atoms with E-state index in [0.29, 0.717) is 0 Å². The summed E-state index contributed by atoms with van der Waals surface area (Å²) in [7, 11) is -5.63. The highest BCUT2D eigenvalue weighted by Gasteiger charge is 2.48. The van der Waals surface area contributed by atoms with Crippen molar-refractivity contribution in [3.8, 4) is 0 Å². The first-order valence-corrected chi connectivity index (χ1v) is 8.19. The molecule has 0 heterocycles. The summed E-state index contributed by atoms with van der Waals surface area (Å²) in [6.07, 6.45) is 2.37. The Bertz CT molecular complexity index is 882. The monoisotopic (exact) mass is 376 g/mol. The molecule has 1 aromatic carbocycles. The lowest BCUT2D eigenvalue weighted by Crippen LogP contribution is -2.38. The smallest absolute Gasteiger partial charge is 0.480 e. The number of alkyl halides is 3. The molecule has 0 aliphatic heterocycles. The van der Waals surface area contributed by atoms with Crippen LogP contribution in [0.3, 0.4) is 0 Å². The molecule has 0 saturated carbocycles. The number of halogens is 3. The van der Waals surface area contributed by atoms with Crippen LogP contribution in [0.1, 0.15) is 12.0 Å². The van der Waals surface area contributed by atoms with Crippen molar-refractivity contribution in [2.24, 2.45) is 5.41 Å². The number of hydrogen-bond acceptors (Lipinski definition) is 4. The van der Waals surface area contributed by atoms with Crippen LogP contribution >= 0.6 is 0 Å². The lowest BCUT2D eigenvalue weighted by molar-refractivity contribution is -0.160. The Morgan fingerprint density at radius 2 is 1.64 bits per heavy atom. The van der Waals surface area contributed by atoms with E-state index in [1.54, 1.807) is 0 Å². The predicted octanol–water partition coefficient (Wildman–Crippen LogP) is 2.48. The summed E-state index contributed by atoms with van der Waals surface area (Å²) in [5, 5.41) is 18.2. The van der Waals surface area contributed by atoms with Gasteiger partial charge in [-0.2, -0.15) is 13.2 Å². The van der Waals surface area contributed by atoms with Gasteiger partial charge in [0.2, 0.25) is 0 Å². The van der Waals surface area contributed by atoms with E-state index < -0.39 is 44.0 Å². The van der Waals surface area contributed by atoms with Gasteiger partial charge in [0, 0.05) is 5.56 Å². The first-order chi connectivity index (χ1) is 11.4. The molecule has 10 heteroatoms. The molecule has 1 aliphatic carbocycles. The average Bonchev–Trinajstić information content (AvgIpc) is 2.53. The molecule has 0 radical (unpaired) electrons. The highest BCUT2D eigenvalue weighted by molar-refractivity contribution is 7.92. The van der Waals surface area contributed by atoms with E-state index in [-0.39, 0.29) is 11.1 Å². The van der Waals surface area contributed by atoms with Gasteiger partial charge in [0.1, 0.15) is 0 Å². The number of hydrogen-bond donors (Lipinski definition) is 2. The first kappa shape index (κ1) is 18.7. The number of rotatable bonds is 4. The minimum Gasteiger partial charge on any atom is -0.480 e. The molecule has 0 aromatic heterocycles. The third kappa shape index (κ3) is 3.04. The highest BCUT2D eigenvalue weighted by atomic mass is 32.2. The van der Waals surface area contributed by atoms with Crippen LogP contribution in [0.4, 0.5) is 13.2 Å². The molecule has 134 valence electrons. The van der Waals surface area contributed by atoms with Gasteiger partial charge in [0.25, 0.3) is 9.84 Å². The lowest BCUT2D eigenvalue weighted by atomic mass is 9.79. The van der Waals surface area contributed by atoms with Gasteiger partial charge in [0.15, 0.2) is 5.41 Å². The molecule has 1 aromatic rings. The minimum atomic E-state index is -5.63. The van der Waals surface area contributed by atoms with Gasteiger partial charge in [-0.1, -0.05) is 36.4 Å². The zero-order valence-corrected chi connectivity index (χ0v) is 13.1. The maximum absolute atomic E-state index is 12.8. The number of carbonyl (C=O) groups is 2. The average molecular weight is 376 g/mol. The zero-order chi connectivity index (χ0) is 19.0. The predicted molar refractivity (Wildman–Crippen MR) is 79.1 cm³/mol. The van der Waals surface area contributed by atoms with Gasteiger partial charge in [-0.3, -0.25) is 9.59 Å². The zero-order valence-electron chi connectivity index (χ0n) is 12.3. The molecule has 2 N–H and O–H groups in total. The maximum atomic E-state index is 12.8. The first-order valence-electron chi connectivity index (χ1n) is 6.70. The number of carboxylic acid groups (broad SMARTS) is 2.